The molecule has 23 heavy (non-hydrogen) atoms. The zero-order chi connectivity index (χ0) is 17.0. The summed E-state index contributed by atoms with van der Waals surface area (Å²) in [6.45, 7) is 0.133. The van der Waals surface area contributed by atoms with Crippen LogP contribution < -0.4 is 15.8 Å². The number of thiocarbonyl (C=S) groups is 1. The van der Waals surface area contributed by atoms with E-state index >= 15 is 0 Å². The van der Waals surface area contributed by atoms with Crippen LogP contribution in [0.5, 0.6) is 5.75 Å². The van der Waals surface area contributed by atoms with E-state index in [1.165, 1.54) is 24.3 Å². The van der Waals surface area contributed by atoms with Gasteiger partial charge in [-0.3, -0.25) is 10.1 Å². The highest BCUT2D eigenvalue weighted by Crippen LogP contribution is 2.35. The van der Waals surface area contributed by atoms with Gasteiger partial charge in [-0.2, -0.15) is 0 Å². The Morgan fingerprint density at radius 1 is 1.39 bits per heavy atom. The predicted octanol–water partition coefficient (Wildman–Crippen LogP) is 3.79. The van der Waals surface area contributed by atoms with Crippen molar-refractivity contribution in [1.82, 2.24) is 5.32 Å². The molecular formula is C15H11BrClFN2O2S. The van der Waals surface area contributed by atoms with Gasteiger partial charge < -0.3 is 10.5 Å². The summed E-state index contributed by atoms with van der Waals surface area (Å²) in [4.78, 5) is 11.8. The topological polar surface area (TPSA) is 64.3 Å². The van der Waals surface area contributed by atoms with E-state index in [0.29, 0.717) is 15.8 Å². The second kappa shape index (κ2) is 7.72. The summed E-state index contributed by atoms with van der Waals surface area (Å²) in [5.74, 6) is -0.472. The van der Waals surface area contributed by atoms with Crippen molar-refractivity contribution in [2.45, 2.75) is 6.61 Å². The van der Waals surface area contributed by atoms with Crippen molar-refractivity contribution in [3.8, 4) is 5.75 Å². The lowest BCUT2D eigenvalue weighted by atomic mass is 10.2. The molecule has 0 saturated carbocycles. The number of amides is 1. The first kappa shape index (κ1) is 17.7. The van der Waals surface area contributed by atoms with Gasteiger partial charge in [-0.25, -0.2) is 4.39 Å². The maximum atomic E-state index is 13.1. The zero-order valence-corrected chi connectivity index (χ0v) is 14.8. The average molecular weight is 418 g/mol. The summed E-state index contributed by atoms with van der Waals surface area (Å²) in [6.07, 6.45) is 0. The van der Waals surface area contributed by atoms with Crippen LogP contribution in [0.15, 0.2) is 40.9 Å². The number of hydrogen-bond donors (Lipinski definition) is 2. The third kappa shape index (κ3) is 4.89. The van der Waals surface area contributed by atoms with Crippen molar-refractivity contribution in [3.05, 3.63) is 62.8 Å². The Hall–Kier alpha value is -1.70. The molecule has 0 radical (unpaired) electrons. The van der Waals surface area contributed by atoms with Crippen molar-refractivity contribution in [2.75, 3.05) is 0 Å². The molecule has 0 unspecified atom stereocenters. The van der Waals surface area contributed by atoms with E-state index in [4.69, 9.17) is 22.1 Å². The van der Waals surface area contributed by atoms with Crippen LogP contribution in [0.4, 0.5) is 4.39 Å². The van der Waals surface area contributed by atoms with Crippen molar-refractivity contribution < 1.29 is 13.9 Å². The zero-order valence-electron chi connectivity index (χ0n) is 11.6. The van der Waals surface area contributed by atoms with Crippen LogP contribution >= 0.6 is 39.7 Å². The number of nitrogens with one attached hydrogen (secondary N) is 1. The normalized spacial score (nSPS) is 10.2. The van der Waals surface area contributed by atoms with Gasteiger partial charge in [0.1, 0.15) is 12.4 Å². The van der Waals surface area contributed by atoms with Crippen LogP contribution in [0, 0.1) is 5.82 Å². The highest BCUT2D eigenvalue weighted by Gasteiger charge is 2.14. The molecule has 1 amide bonds. The lowest BCUT2D eigenvalue weighted by Crippen LogP contribution is -2.34. The van der Waals surface area contributed by atoms with Gasteiger partial charge >= 0.3 is 0 Å². The highest BCUT2D eigenvalue weighted by molar-refractivity contribution is 9.10. The van der Waals surface area contributed by atoms with Crippen molar-refractivity contribution in [1.29, 1.82) is 0 Å². The minimum atomic E-state index is -0.475. The number of rotatable bonds is 4. The minimum Gasteiger partial charge on any atom is -0.486 e. The maximum Gasteiger partial charge on any atom is 0.257 e. The van der Waals surface area contributed by atoms with Gasteiger partial charge in [0.05, 0.1) is 9.50 Å². The first-order chi connectivity index (χ1) is 10.9. The Morgan fingerprint density at radius 3 is 2.74 bits per heavy atom. The molecule has 0 aliphatic carbocycles. The van der Waals surface area contributed by atoms with Crippen LogP contribution in [0.1, 0.15) is 15.9 Å². The molecular weight excluding hydrogens is 407 g/mol. The van der Waals surface area contributed by atoms with E-state index in [1.807, 2.05) is 0 Å². The van der Waals surface area contributed by atoms with E-state index in [2.05, 4.69) is 33.5 Å². The van der Waals surface area contributed by atoms with Crippen LogP contribution in [0.2, 0.25) is 5.02 Å². The third-order valence-corrected chi connectivity index (χ3v) is 3.74. The molecule has 4 nitrogen and oxygen atoms in total. The summed E-state index contributed by atoms with van der Waals surface area (Å²) in [5, 5.41) is 2.40. The molecule has 0 aliphatic heterocycles. The molecule has 3 N–H and O–H groups in total. The van der Waals surface area contributed by atoms with Crippen LogP contribution in [0.3, 0.4) is 0 Å². The second-order valence-corrected chi connectivity index (χ2v) is 6.21. The fourth-order valence-electron chi connectivity index (χ4n) is 1.80. The van der Waals surface area contributed by atoms with Gasteiger partial charge in [-0.1, -0.05) is 23.7 Å². The van der Waals surface area contributed by atoms with Crippen molar-refractivity contribution in [2.24, 2.45) is 5.73 Å². The van der Waals surface area contributed by atoms with Crippen molar-refractivity contribution in [3.63, 3.8) is 0 Å². The van der Waals surface area contributed by atoms with Gasteiger partial charge in [0.25, 0.3) is 5.91 Å². The third-order valence-electron chi connectivity index (χ3n) is 2.77. The smallest absolute Gasteiger partial charge is 0.257 e. The minimum absolute atomic E-state index is 0.131. The predicted molar refractivity (Wildman–Crippen MR) is 94.1 cm³/mol. The van der Waals surface area contributed by atoms with Gasteiger partial charge in [0.15, 0.2) is 10.9 Å². The van der Waals surface area contributed by atoms with E-state index in [0.717, 1.165) is 0 Å². The Kier molecular flexibility index (Phi) is 5.92. The Balaban J connectivity index is 2.17. The quantitative estimate of drug-likeness (QED) is 0.743. The Morgan fingerprint density at radius 2 is 2.13 bits per heavy atom. The van der Waals surface area contributed by atoms with E-state index in [9.17, 15) is 9.18 Å². The van der Waals surface area contributed by atoms with Crippen LogP contribution in [0.25, 0.3) is 0 Å². The van der Waals surface area contributed by atoms with Crippen LogP contribution in [-0.2, 0) is 6.61 Å². The lowest BCUT2D eigenvalue weighted by Gasteiger charge is -2.12. The summed E-state index contributed by atoms with van der Waals surface area (Å²) in [5.41, 5.74) is 6.19. The molecule has 2 rings (SSSR count). The second-order valence-electron chi connectivity index (χ2n) is 4.51. The van der Waals surface area contributed by atoms with E-state index in [-0.39, 0.29) is 28.1 Å². The number of carbonyl (C=O) groups excluding carboxylic acids is 1. The maximum absolute atomic E-state index is 13.1. The fraction of sp³-hybridized carbons (Fsp3) is 0.0667. The first-order valence-electron chi connectivity index (χ1n) is 6.34. The van der Waals surface area contributed by atoms with E-state index < -0.39 is 5.91 Å². The molecule has 0 aliphatic rings. The Bertz CT molecular complexity index is 750. The largest absolute Gasteiger partial charge is 0.486 e. The molecule has 0 saturated heterocycles. The monoisotopic (exact) mass is 416 g/mol. The van der Waals surface area contributed by atoms with Gasteiger partial charge in [-0.15, -0.1) is 0 Å². The number of nitrogens with two attached hydrogens (primary N) is 1. The summed E-state index contributed by atoms with van der Waals surface area (Å²) >= 11 is 14.0. The number of carbonyl (C=O) groups is 1. The van der Waals surface area contributed by atoms with Gasteiger partial charge in [0, 0.05) is 5.56 Å². The number of ether oxygens (including phenoxy) is 1. The van der Waals surface area contributed by atoms with Crippen molar-refractivity contribution >= 4 is 50.8 Å². The fourth-order valence-corrected chi connectivity index (χ4v) is 2.85. The lowest BCUT2D eigenvalue weighted by molar-refractivity contribution is 0.0977. The first-order valence-corrected chi connectivity index (χ1v) is 7.92. The molecule has 2 aromatic carbocycles. The highest BCUT2D eigenvalue weighted by atomic mass is 79.9. The van der Waals surface area contributed by atoms with Gasteiger partial charge in [0.2, 0.25) is 0 Å². The molecule has 0 fully saturated rings. The van der Waals surface area contributed by atoms with Gasteiger partial charge in [-0.05, 0) is 58.0 Å². The molecule has 0 bridgehead atoms. The standard InChI is InChI=1S/C15H11BrClFN2O2S/c16-11-5-9(14(21)20-15(19)23)6-12(17)13(11)22-7-8-2-1-3-10(18)4-8/h1-6H,7H2,(H3,19,20,21,23). The molecule has 0 heterocycles. The van der Waals surface area contributed by atoms with Crippen LogP contribution in [-0.4, -0.2) is 11.0 Å². The molecule has 8 heteroatoms. The molecule has 120 valence electrons. The van der Waals surface area contributed by atoms with E-state index in [1.54, 1.807) is 12.1 Å². The number of halogens is 3. The Labute approximate surface area is 150 Å². The molecule has 0 spiro atoms. The molecule has 0 atom stereocenters. The average Bonchev–Trinajstić information content (AvgIpc) is 2.45. The summed E-state index contributed by atoms with van der Waals surface area (Å²) in [6, 6.07) is 9.00. The number of hydrogen-bond acceptors (Lipinski definition) is 3. The molecule has 0 aromatic heterocycles. The summed E-state index contributed by atoms with van der Waals surface area (Å²) in [7, 11) is 0. The number of benzene rings is 2. The SMILES string of the molecule is NC(=S)NC(=O)c1cc(Cl)c(OCc2cccc(F)c2)c(Br)c1. The summed E-state index contributed by atoms with van der Waals surface area (Å²) < 4.78 is 19.2. The molecule has 2 aromatic rings.